The lowest BCUT2D eigenvalue weighted by Gasteiger charge is -2.12. The summed E-state index contributed by atoms with van der Waals surface area (Å²) in [7, 11) is 0.931. The van der Waals surface area contributed by atoms with Crippen molar-refractivity contribution in [1.82, 2.24) is 4.98 Å². The van der Waals surface area contributed by atoms with E-state index in [9.17, 15) is 31.1 Å². The molecule has 0 aromatic carbocycles. The third kappa shape index (κ3) is 3.58. The van der Waals surface area contributed by atoms with Crippen molar-refractivity contribution in [1.29, 1.82) is 0 Å². The number of hydrogen-bond acceptors (Lipinski definition) is 3. The zero-order chi connectivity index (χ0) is 14.8. The maximum Gasteiger partial charge on any atom is 0.433 e. The van der Waals surface area contributed by atoms with Crippen LogP contribution in [0.5, 0.6) is 0 Å². The third-order valence-corrected chi connectivity index (χ3v) is 2.12. The summed E-state index contributed by atoms with van der Waals surface area (Å²) in [5.74, 6) is -2.70. The van der Waals surface area contributed by atoms with Crippen molar-refractivity contribution >= 4 is 5.97 Å². The van der Waals surface area contributed by atoms with Crippen LogP contribution in [0.3, 0.4) is 0 Å². The average molecular weight is 287 g/mol. The van der Waals surface area contributed by atoms with Crippen molar-refractivity contribution in [3.63, 3.8) is 0 Å². The Hall–Kier alpha value is -1.80. The lowest BCUT2D eigenvalue weighted by molar-refractivity contribution is -0.142. The molecule has 0 aliphatic carbocycles. The van der Waals surface area contributed by atoms with Gasteiger partial charge in [-0.3, -0.25) is 4.79 Å². The third-order valence-electron chi connectivity index (χ3n) is 2.12. The highest BCUT2D eigenvalue weighted by atomic mass is 19.4. The number of pyridine rings is 1. The molecule has 1 rings (SSSR count). The zero-order valence-electron chi connectivity index (χ0n) is 9.39. The van der Waals surface area contributed by atoms with Crippen molar-refractivity contribution < 1.29 is 35.9 Å². The first kappa shape index (κ1) is 15.3. The number of methoxy groups -OCH3 is 1. The largest absolute Gasteiger partial charge is 0.469 e. The zero-order valence-corrected chi connectivity index (χ0v) is 9.39. The molecule has 1 aromatic heterocycles. The van der Waals surface area contributed by atoms with Crippen molar-refractivity contribution in [3.8, 4) is 0 Å². The molecule has 0 fully saturated rings. The Bertz CT molecular complexity index is 486. The van der Waals surface area contributed by atoms with E-state index in [2.05, 4.69) is 9.72 Å². The van der Waals surface area contributed by atoms with E-state index in [1.54, 1.807) is 0 Å². The number of hydrogen-bond donors (Lipinski definition) is 0. The van der Waals surface area contributed by atoms with E-state index >= 15 is 0 Å². The van der Waals surface area contributed by atoms with Crippen LogP contribution in [0.4, 0.5) is 26.3 Å². The van der Waals surface area contributed by atoms with Gasteiger partial charge in [0, 0.05) is 5.56 Å². The van der Waals surface area contributed by atoms with Gasteiger partial charge in [0.25, 0.3) is 6.43 Å². The van der Waals surface area contributed by atoms with Gasteiger partial charge in [-0.15, -0.1) is 0 Å². The summed E-state index contributed by atoms with van der Waals surface area (Å²) in [5.41, 5.74) is -4.18. The second-order valence-corrected chi connectivity index (χ2v) is 3.42. The molecule has 0 unspecified atom stereocenters. The van der Waals surface area contributed by atoms with Gasteiger partial charge in [0.1, 0.15) is 11.4 Å². The molecule has 0 saturated carbocycles. The Balaban J connectivity index is 3.36. The highest BCUT2D eigenvalue weighted by molar-refractivity contribution is 5.72. The van der Waals surface area contributed by atoms with E-state index in [0.717, 1.165) is 7.11 Å². The standard InChI is InChI=1S/C10H7F6NO2/c1-19-6(18)3-4-2-5(10(14,15)16)17-8(7(4)11)9(12)13/h2,9H,3H2,1H3. The van der Waals surface area contributed by atoms with Gasteiger partial charge in [-0.05, 0) is 6.07 Å². The first-order valence-corrected chi connectivity index (χ1v) is 4.78. The average Bonchev–Trinajstić information content (AvgIpc) is 2.29. The fourth-order valence-electron chi connectivity index (χ4n) is 1.25. The molecule has 0 aliphatic rings. The second kappa shape index (κ2) is 5.45. The van der Waals surface area contributed by atoms with E-state index in [1.165, 1.54) is 0 Å². The predicted octanol–water partition coefficient (Wildman–Crippen LogP) is 2.89. The summed E-state index contributed by atoms with van der Waals surface area (Å²) in [6.45, 7) is 0. The van der Waals surface area contributed by atoms with Crippen LogP contribution in [0.15, 0.2) is 6.07 Å². The number of nitrogens with zero attached hydrogens (tertiary/aromatic N) is 1. The van der Waals surface area contributed by atoms with Crippen LogP contribution < -0.4 is 0 Å². The maximum atomic E-state index is 13.5. The number of aromatic nitrogens is 1. The first-order valence-electron chi connectivity index (χ1n) is 4.78. The van der Waals surface area contributed by atoms with Crippen molar-refractivity contribution in [2.45, 2.75) is 19.0 Å². The molecule has 0 spiro atoms. The van der Waals surface area contributed by atoms with Crippen LogP contribution in [0.2, 0.25) is 0 Å². The Morgan fingerprint density at radius 3 is 2.42 bits per heavy atom. The molecule has 3 nitrogen and oxygen atoms in total. The fraction of sp³-hybridized carbons (Fsp3) is 0.400. The number of esters is 1. The Morgan fingerprint density at radius 1 is 1.42 bits per heavy atom. The van der Waals surface area contributed by atoms with Gasteiger partial charge < -0.3 is 4.74 Å². The Morgan fingerprint density at radius 2 is 2.00 bits per heavy atom. The van der Waals surface area contributed by atoms with E-state index in [0.29, 0.717) is 0 Å². The molecular formula is C10H7F6NO2. The molecule has 0 N–H and O–H groups in total. The quantitative estimate of drug-likeness (QED) is 0.634. The molecule has 19 heavy (non-hydrogen) atoms. The minimum Gasteiger partial charge on any atom is -0.469 e. The molecule has 0 radical (unpaired) electrons. The topological polar surface area (TPSA) is 39.2 Å². The lowest BCUT2D eigenvalue weighted by Crippen LogP contribution is -2.15. The van der Waals surface area contributed by atoms with E-state index in [1.807, 2.05) is 0 Å². The van der Waals surface area contributed by atoms with Crippen LogP contribution in [0.1, 0.15) is 23.4 Å². The number of rotatable bonds is 3. The van der Waals surface area contributed by atoms with Gasteiger partial charge in [0.2, 0.25) is 0 Å². The molecule has 0 amide bonds. The number of carbonyl (C=O) groups excluding carboxylic acids is 1. The molecule has 0 aliphatic heterocycles. The van der Waals surface area contributed by atoms with Crippen LogP contribution >= 0.6 is 0 Å². The predicted molar refractivity (Wildman–Crippen MR) is 49.9 cm³/mol. The number of ether oxygens (including phenoxy) is 1. The molecule has 0 atom stereocenters. The van der Waals surface area contributed by atoms with Crippen LogP contribution in [-0.2, 0) is 22.1 Å². The minimum absolute atomic E-state index is 0.206. The van der Waals surface area contributed by atoms with Crippen LogP contribution in [0.25, 0.3) is 0 Å². The van der Waals surface area contributed by atoms with E-state index in [4.69, 9.17) is 0 Å². The normalized spacial score (nSPS) is 11.8. The molecule has 1 aromatic rings. The molecule has 0 bridgehead atoms. The van der Waals surface area contributed by atoms with Crippen molar-refractivity contribution in [2.75, 3.05) is 7.11 Å². The molecule has 9 heteroatoms. The highest BCUT2D eigenvalue weighted by Gasteiger charge is 2.35. The lowest BCUT2D eigenvalue weighted by atomic mass is 10.1. The summed E-state index contributed by atoms with van der Waals surface area (Å²) < 4.78 is 79.7. The van der Waals surface area contributed by atoms with Crippen LogP contribution in [0, 0.1) is 5.82 Å². The monoisotopic (exact) mass is 287 g/mol. The summed E-state index contributed by atoms with van der Waals surface area (Å²) in [6, 6.07) is 0.206. The molecular weight excluding hydrogens is 280 g/mol. The molecule has 0 saturated heterocycles. The van der Waals surface area contributed by atoms with Crippen LogP contribution in [-0.4, -0.2) is 18.1 Å². The van der Waals surface area contributed by atoms with Gasteiger partial charge in [-0.1, -0.05) is 0 Å². The van der Waals surface area contributed by atoms with E-state index in [-0.39, 0.29) is 6.07 Å². The van der Waals surface area contributed by atoms with E-state index < -0.39 is 47.8 Å². The number of carbonyl (C=O) groups is 1. The van der Waals surface area contributed by atoms with Crippen molar-refractivity contribution in [2.24, 2.45) is 0 Å². The summed E-state index contributed by atoms with van der Waals surface area (Å²) in [4.78, 5) is 13.4. The first-order chi connectivity index (χ1) is 8.66. The van der Waals surface area contributed by atoms with Gasteiger partial charge in [0.05, 0.1) is 13.5 Å². The van der Waals surface area contributed by atoms with Gasteiger partial charge >= 0.3 is 12.1 Å². The maximum absolute atomic E-state index is 13.5. The summed E-state index contributed by atoms with van der Waals surface area (Å²) in [5, 5.41) is 0. The number of alkyl halides is 5. The molecule has 1 heterocycles. The summed E-state index contributed by atoms with van der Waals surface area (Å²) >= 11 is 0. The minimum atomic E-state index is -5.03. The highest BCUT2D eigenvalue weighted by Crippen LogP contribution is 2.32. The van der Waals surface area contributed by atoms with Gasteiger partial charge in [-0.2, -0.15) is 13.2 Å². The Kier molecular flexibility index (Phi) is 4.38. The van der Waals surface area contributed by atoms with Crippen molar-refractivity contribution in [3.05, 3.63) is 28.8 Å². The molecule has 106 valence electrons. The smallest absolute Gasteiger partial charge is 0.433 e. The summed E-state index contributed by atoms with van der Waals surface area (Å²) in [6.07, 6.45) is -9.45. The second-order valence-electron chi connectivity index (χ2n) is 3.42. The van der Waals surface area contributed by atoms with Gasteiger partial charge in [-0.25, -0.2) is 18.2 Å². The Labute approximate surface area is 103 Å². The van der Waals surface area contributed by atoms with Gasteiger partial charge in [0.15, 0.2) is 5.82 Å². The SMILES string of the molecule is COC(=O)Cc1cc(C(F)(F)F)nc(C(F)F)c1F. The fourth-order valence-corrected chi connectivity index (χ4v) is 1.25. The number of halogens is 6.